The van der Waals surface area contributed by atoms with Crippen LogP contribution in [0.1, 0.15) is 21.5 Å². The third kappa shape index (κ3) is 3.25. The van der Waals surface area contributed by atoms with E-state index < -0.39 is 10.8 Å². The van der Waals surface area contributed by atoms with Gasteiger partial charge in [-0.05, 0) is 36.8 Å². The topological polar surface area (TPSA) is 72.2 Å². The summed E-state index contributed by atoms with van der Waals surface area (Å²) in [6.45, 7) is 1.76. The van der Waals surface area contributed by atoms with Gasteiger partial charge in [-0.15, -0.1) is 6.42 Å². The predicted molar refractivity (Wildman–Crippen MR) is 80.2 cm³/mol. The zero-order valence-corrected chi connectivity index (χ0v) is 11.3. The quantitative estimate of drug-likeness (QED) is 0.533. The molecule has 0 fully saturated rings. The molecule has 1 N–H and O–H groups in total. The number of nitro groups is 1. The Labute approximate surface area is 121 Å². The Morgan fingerprint density at radius 1 is 1.29 bits per heavy atom. The van der Waals surface area contributed by atoms with Crippen LogP contribution in [-0.2, 0) is 0 Å². The minimum absolute atomic E-state index is 0.0195. The Hall–Kier alpha value is -3.13. The summed E-state index contributed by atoms with van der Waals surface area (Å²) >= 11 is 0. The number of nitro benzene ring substituents is 1. The smallest absolute Gasteiger partial charge is 0.282 e. The van der Waals surface area contributed by atoms with E-state index in [9.17, 15) is 14.9 Å². The van der Waals surface area contributed by atoms with Crippen molar-refractivity contribution in [3.05, 3.63) is 69.3 Å². The normalized spacial score (nSPS) is 9.71. The molecular weight excluding hydrogens is 268 g/mol. The molecule has 2 rings (SSSR count). The highest BCUT2D eigenvalue weighted by molar-refractivity contribution is 6.07. The molecule has 5 heteroatoms. The van der Waals surface area contributed by atoms with Crippen LogP contribution in [0.5, 0.6) is 0 Å². The van der Waals surface area contributed by atoms with Gasteiger partial charge in [0.25, 0.3) is 11.6 Å². The first-order valence-electron chi connectivity index (χ1n) is 6.14. The molecule has 0 bridgehead atoms. The number of carbonyl (C=O) groups excluding carboxylic acids is 1. The van der Waals surface area contributed by atoms with Crippen molar-refractivity contribution < 1.29 is 9.72 Å². The fourth-order valence-corrected chi connectivity index (χ4v) is 1.88. The molecule has 2 aromatic rings. The van der Waals surface area contributed by atoms with Crippen molar-refractivity contribution in [1.29, 1.82) is 0 Å². The van der Waals surface area contributed by atoms with Gasteiger partial charge >= 0.3 is 0 Å². The second kappa shape index (κ2) is 5.88. The molecule has 2 aromatic carbocycles. The third-order valence-corrected chi connectivity index (χ3v) is 2.88. The predicted octanol–water partition coefficient (Wildman–Crippen LogP) is 3.14. The van der Waals surface area contributed by atoms with Crippen LogP contribution in [-0.4, -0.2) is 10.8 Å². The van der Waals surface area contributed by atoms with Crippen molar-refractivity contribution in [3.8, 4) is 12.3 Å². The summed E-state index contributed by atoms with van der Waals surface area (Å²) in [6.07, 6.45) is 5.29. The van der Waals surface area contributed by atoms with E-state index in [4.69, 9.17) is 6.42 Å². The van der Waals surface area contributed by atoms with E-state index in [-0.39, 0.29) is 11.3 Å². The Bertz CT molecular complexity index is 760. The Kier molecular flexibility index (Phi) is 4.00. The number of aryl methyl sites for hydroxylation is 1. The van der Waals surface area contributed by atoms with Crippen molar-refractivity contribution in [2.45, 2.75) is 6.92 Å². The van der Waals surface area contributed by atoms with E-state index in [1.165, 1.54) is 12.1 Å². The largest absolute Gasteiger partial charge is 0.322 e. The van der Waals surface area contributed by atoms with Crippen LogP contribution >= 0.6 is 0 Å². The van der Waals surface area contributed by atoms with Gasteiger partial charge < -0.3 is 5.32 Å². The van der Waals surface area contributed by atoms with Crippen molar-refractivity contribution in [1.82, 2.24) is 0 Å². The lowest BCUT2D eigenvalue weighted by molar-refractivity contribution is -0.385. The van der Waals surface area contributed by atoms with E-state index >= 15 is 0 Å². The molecule has 0 atom stereocenters. The molecule has 0 aliphatic carbocycles. The first-order valence-corrected chi connectivity index (χ1v) is 6.14. The van der Waals surface area contributed by atoms with Gasteiger partial charge in [-0.3, -0.25) is 14.9 Å². The highest BCUT2D eigenvalue weighted by Gasteiger charge is 2.20. The zero-order chi connectivity index (χ0) is 15.4. The molecule has 21 heavy (non-hydrogen) atoms. The average molecular weight is 280 g/mol. The van der Waals surface area contributed by atoms with Crippen LogP contribution in [0.4, 0.5) is 11.4 Å². The second-order valence-corrected chi connectivity index (χ2v) is 4.46. The number of hydrogen-bond donors (Lipinski definition) is 1. The number of carbonyl (C=O) groups is 1. The summed E-state index contributed by atoms with van der Waals surface area (Å²) in [5, 5.41) is 13.6. The monoisotopic (exact) mass is 280 g/mol. The summed E-state index contributed by atoms with van der Waals surface area (Å²) in [5.41, 5.74) is 1.67. The molecule has 0 saturated heterocycles. The lowest BCUT2D eigenvalue weighted by Gasteiger charge is -2.07. The first kappa shape index (κ1) is 14.3. The van der Waals surface area contributed by atoms with E-state index in [2.05, 4.69) is 11.2 Å². The van der Waals surface area contributed by atoms with E-state index in [1.54, 1.807) is 37.3 Å². The van der Waals surface area contributed by atoms with Gasteiger partial charge in [0.05, 0.1) is 4.92 Å². The molecule has 1 amide bonds. The summed E-state index contributed by atoms with van der Waals surface area (Å²) < 4.78 is 0. The lowest BCUT2D eigenvalue weighted by Crippen LogP contribution is -2.14. The Balaban J connectivity index is 2.34. The Morgan fingerprint density at radius 2 is 2.05 bits per heavy atom. The standard InChI is InChI=1S/C16H12N2O3/c1-3-12-5-4-6-13(10-12)17-16(19)14-9-11(2)7-8-15(14)18(20)21/h1,4-10H,2H3,(H,17,19). The average Bonchev–Trinajstić information content (AvgIpc) is 2.47. The molecule has 5 nitrogen and oxygen atoms in total. The number of terminal acetylenes is 1. The molecule has 0 aliphatic rings. The number of anilines is 1. The van der Waals surface area contributed by atoms with Crippen LogP contribution in [0, 0.1) is 29.4 Å². The minimum Gasteiger partial charge on any atom is -0.322 e. The number of amides is 1. The van der Waals surface area contributed by atoms with E-state index in [0.29, 0.717) is 11.3 Å². The molecule has 0 heterocycles. The minimum atomic E-state index is -0.577. The SMILES string of the molecule is C#Cc1cccc(NC(=O)c2cc(C)ccc2[N+](=O)[O-])c1. The lowest BCUT2D eigenvalue weighted by atomic mass is 10.1. The molecule has 0 spiro atoms. The van der Waals surface area contributed by atoms with Crippen LogP contribution < -0.4 is 5.32 Å². The maximum atomic E-state index is 12.2. The van der Waals surface area contributed by atoms with Crippen molar-refractivity contribution >= 4 is 17.3 Å². The summed E-state index contributed by atoms with van der Waals surface area (Å²) in [6, 6.07) is 11.1. The molecule has 0 aliphatic heterocycles. The van der Waals surface area contributed by atoms with Crippen LogP contribution in [0.3, 0.4) is 0 Å². The van der Waals surface area contributed by atoms with Crippen molar-refractivity contribution in [3.63, 3.8) is 0 Å². The molecule has 0 aromatic heterocycles. The van der Waals surface area contributed by atoms with Gasteiger partial charge in [-0.2, -0.15) is 0 Å². The first-order chi connectivity index (χ1) is 10.0. The molecule has 0 radical (unpaired) electrons. The van der Waals surface area contributed by atoms with Gasteiger partial charge in [0, 0.05) is 17.3 Å². The van der Waals surface area contributed by atoms with Gasteiger partial charge in [0.15, 0.2) is 0 Å². The number of benzene rings is 2. The molecule has 104 valence electrons. The second-order valence-electron chi connectivity index (χ2n) is 4.46. The third-order valence-electron chi connectivity index (χ3n) is 2.88. The van der Waals surface area contributed by atoms with E-state index in [0.717, 1.165) is 5.56 Å². The zero-order valence-electron chi connectivity index (χ0n) is 11.3. The highest BCUT2D eigenvalue weighted by Crippen LogP contribution is 2.21. The van der Waals surface area contributed by atoms with Crippen LogP contribution in [0.2, 0.25) is 0 Å². The maximum absolute atomic E-state index is 12.2. The summed E-state index contributed by atoms with van der Waals surface area (Å²) in [4.78, 5) is 22.6. The van der Waals surface area contributed by atoms with E-state index in [1.807, 2.05) is 0 Å². The fraction of sp³-hybridized carbons (Fsp3) is 0.0625. The number of hydrogen-bond acceptors (Lipinski definition) is 3. The fourth-order valence-electron chi connectivity index (χ4n) is 1.88. The molecular formula is C16H12N2O3. The van der Waals surface area contributed by atoms with Crippen molar-refractivity contribution in [2.75, 3.05) is 5.32 Å². The number of nitrogens with zero attached hydrogens (tertiary/aromatic N) is 1. The number of rotatable bonds is 3. The number of nitrogens with one attached hydrogen (secondary N) is 1. The van der Waals surface area contributed by atoms with Gasteiger partial charge in [-0.1, -0.05) is 18.1 Å². The van der Waals surface area contributed by atoms with Crippen LogP contribution in [0.15, 0.2) is 42.5 Å². The summed E-state index contributed by atoms with van der Waals surface area (Å²) in [5.74, 6) is 1.92. The highest BCUT2D eigenvalue weighted by atomic mass is 16.6. The maximum Gasteiger partial charge on any atom is 0.282 e. The van der Waals surface area contributed by atoms with Gasteiger partial charge in [0.2, 0.25) is 0 Å². The van der Waals surface area contributed by atoms with Gasteiger partial charge in [-0.25, -0.2) is 0 Å². The molecule has 0 unspecified atom stereocenters. The van der Waals surface area contributed by atoms with Crippen LogP contribution in [0.25, 0.3) is 0 Å². The van der Waals surface area contributed by atoms with Crippen molar-refractivity contribution in [2.24, 2.45) is 0 Å². The van der Waals surface area contributed by atoms with Gasteiger partial charge in [0.1, 0.15) is 5.56 Å². The Morgan fingerprint density at radius 3 is 2.71 bits per heavy atom. The summed E-state index contributed by atoms with van der Waals surface area (Å²) in [7, 11) is 0. The molecule has 0 saturated carbocycles.